The molecular formula is C12H13BrN2O2. The molecular weight excluding hydrogens is 284 g/mol. The van der Waals surface area contributed by atoms with Crippen molar-refractivity contribution >= 4 is 21.8 Å². The molecule has 0 N–H and O–H groups in total. The molecule has 5 heteroatoms. The number of carbonyl (C=O) groups excluding carboxylic acids is 1. The Balaban J connectivity index is 3.06. The van der Waals surface area contributed by atoms with Gasteiger partial charge in [-0.15, -0.1) is 0 Å². The minimum absolute atomic E-state index is 0.0823. The Morgan fingerprint density at radius 2 is 2.29 bits per heavy atom. The number of benzene rings is 1. The van der Waals surface area contributed by atoms with E-state index in [9.17, 15) is 4.79 Å². The monoisotopic (exact) mass is 296 g/mol. The molecule has 0 aliphatic rings. The minimum atomic E-state index is -0.181. The first-order valence-corrected chi connectivity index (χ1v) is 5.93. The Hall–Kier alpha value is -1.54. The smallest absolute Gasteiger partial charge is 0.255 e. The molecule has 0 bridgehead atoms. The molecule has 17 heavy (non-hydrogen) atoms. The predicted molar refractivity (Wildman–Crippen MR) is 67.9 cm³/mol. The van der Waals surface area contributed by atoms with E-state index in [1.54, 1.807) is 25.3 Å². The zero-order valence-electron chi connectivity index (χ0n) is 9.74. The van der Waals surface area contributed by atoms with Crippen molar-refractivity contribution in [1.29, 1.82) is 5.26 Å². The van der Waals surface area contributed by atoms with Crippen molar-refractivity contribution in [1.82, 2.24) is 4.90 Å². The Labute approximate surface area is 109 Å². The van der Waals surface area contributed by atoms with Gasteiger partial charge in [-0.25, -0.2) is 0 Å². The van der Waals surface area contributed by atoms with Crippen LogP contribution in [0.1, 0.15) is 17.3 Å². The molecule has 0 aliphatic carbocycles. The van der Waals surface area contributed by atoms with Gasteiger partial charge in [0, 0.05) is 11.0 Å². The molecule has 0 radical (unpaired) electrons. The number of methoxy groups -OCH3 is 1. The standard InChI is InChI=1S/C12H13BrN2O2/c1-3-15(7-6-14)12(16)10-8-9(17-2)4-5-11(10)13/h4-5,8H,3,7H2,1-2H3. The number of carbonyl (C=O) groups is 1. The van der Waals surface area contributed by atoms with Crippen molar-refractivity contribution in [2.75, 3.05) is 20.2 Å². The molecule has 1 aromatic rings. The number of nitrogens with zero attached hydrogens (tertiary/aromatic N) is 2. The van der Waals surface area contributed by atoms with E-state index in [2.05, 4.69) is 15.9 Å². The third-order valence-corrected chi connectivity index (χ3v) is 3.03. The zero-order valence-corrected chi connectivity index (χ0v) is 11.3. The van der Waals surface area contributed by atoms with Gasteiger partial charge < -0.3 is 9.64 Å². The topological polar surface area (TPSA) is 53.3 Å². The number of hydrogen-bond acceptors (Lipinski definition) is 3. The van der Waals surface area contributed by atoms with Gasteiger partial charge in [0.05, 0.1) is 18.7 Å². The number of rotatable bonds is 4. The van der Waals surface area contributed by atoms with Gasteiger partial charge in [-0.1, -0.05) is 0 Å². The van der Waals surface area contributed by atoms with Crippen LogP contribution in [0, 0.1) is 11.3 Å². The zero-order chi connectivity index (χ0) is 12.8. The number of hydrogen-bond donors (Lipinski definition) is 0. The Kier molecular flexibility index (Phi) is 4.98. The van der Waals surface area contributed by atoms with Gasteiger partial charge in [0.2, 0.25) is 0 Å². The third-order valence-electron chi connectivity index (χ3n) is 2.33. The minimum Gasteiger partial charge on any atom is -0.497 e. The summed E-state index contributed by atoms with van der Waals surface area (Å²) in [5, 5.41) is 8.65. The second-order valence-corrected chi connectivity index (χ2v) is 4.18. The van der Waals surface area contributed by atoms with Crippen molar-refractivity contribution in [2.24, 2.45) is 0 Å². The van der Waals surface area contributed by atoms with Crippen LogP contribution in [-0.2, 0) is 0 Å². The van der Waals surface area contributed by atoms with Gasteiger partial charge >= 0.3 is 0 Å². The van der Waals surface area contributed by atoms with E-state index >= 15 is 0 Å². The molecule has 0 fully saturated rings. The Morgan fingerprint density at radius 1 is 1.59 bits per heavy atom. The molecule has 1 rings (SSSR count). The molecule has 1 amide bonds. The van der Waals surface area contributed by atoms with E-state index in [0.29, 0.717) is 22.3 Å². The lowest BCUT2D eigenvalue weighted by Crippen LogP contribution is -2.31. The average molecular weight is 297 g/mol. The summed E-state index contributed by atoms with van der Waals surface area (Å²) in [5.74, 6) is 0.435. The summed E-state index contributed by atoms with van der Waals surface area (Å²) in [4.78, 5) is 13.6. The molecule has 0 saturated heterocycles. The van der Waals surface area contributed by atoms with Crippen LogP contribution in [-0.4, -0.2) is 31.0 Å². The number of ether oxygens (including phenoxy) is 1. The lowest BCUT2D eigenvalue weighted by Gasteiger charge is -2.18. The normalized spacial score (nSPS) is 9.53. The maximum Gasteiger partial charge on any atom is 0.255 e. The SMILES string of the molecule is CCN(CC#N)C(=O)c1cc(OC)ccc1Br. The number of amides is 1. The molecule has 0 saturated carbocycles. The van der Waals surface area contributed by atoms with Crippen LogP contribution in [0.25, 0.3) is 0 Å². The fourth-order valence-electron chi connectivity index (χ4n) is 1.38. The van der Waals surface area contributed by atoms with E-state index in [-0.39, 0.29) is 12.5 Å². The van der Waals surface area contributed by atoms with Gasteiger partial charge in [-0.3, -0.25) is 4.79 Å². The summed E-state index contributed by atoms with van der Waals surface area (Å²) in [6.07, 6.45) is 0. The highest BCUT2D eigenvalue weighted by atomic mass is 79.9. The summed E-state index contributed by atoms with van der Waals surface area (Å²) in [7, 11) is 1.55. The highest BCUT2D eigenvalue weighted by molar-refractivity contribution is 9.10. The first-order chi connectivity index (χ1) is 8.13. The highest BCUT2D eigenvalue weighted by Crippen LogP contribution is 2.23. The first-order valence-electron chi connectivity index (χ1n) is 5.13. The van der Waals surface area contributed by atoms with Gasteiger partial charge in [-0.2, -0.15) is 5.26 Å². The van der Waals surface area contributed by atoms with Crippen LogP contribution in [0.5, 0.6) is 5.75 Å². The molecule has 0 aromatic heterocycles. The van der Waals surface area contributed by atoms with Crippen LogP contribution in [0.15, 0.2) is 22.7 Å². The molecule has 0 spiro atoms. The van der Waals surface area contributed by atoms with Crippen LogP contribution in [0.2, 0.25) is 0 Å². The summed E-state index contributed by atoms with van der Waals surface area (Å²) >= 11 is 3.32. The largest absolute Gasteiger partial charge is 0.497 e. The fraction of sp³-hybridized carbons (Fsp3) is 0.333. The van der Waals surface area contributed by atoms with Gasteiger partial charge in [0.25, 0.3) is 5.91 Å². The van der Waals surface area contributed by atoms with Crippen molar-refractivity contribution in [3.8, 4) is 11.8 Å². The molecule has 0 atom stereocenters. The first kappa shape index (κ1) is 13.5. The van der Waals surface area contributed by atoms with Crippen molar-refractivity contribution < 1.29 is 9.53 Å². The predicted octanol–water partition coefficient (Wildman–Crippen LogP) is 2.44. The molecule has 0 unspecified atom stereocenters. The fourth-order valence-corrected chi connectivity index (χ4v) is 1.79. The second-order valence-electron chi connectivity index (χ2n) is 3.32. The molecule has 1 aromatic carbocycles. The lowest BCUT2D eigenvalue weighted by atomic mass is 10.2. The van der Waals surface area contributed by atoms with E-state index in [4.69, 9.17) is 10.00 Å². The van der Waals surface area contributed by atoms with E-state index in [1.165, 1.54) is 4.90 Å². The van der Waals surface area contributed by atoms with E-state index in [1.807, 2.05) is 13.0 Å². The van der Waals surface area contributed by atoms with Crippen LogP contribution < -0.4 is 4.74 Å². The van der Waals surface area contributed by atoms with Crippen molar-refractivity contribution in [3.05, 3.63) is 28.2 Å². The number of halogens is 1. The highest BCUT2D eigenvalue weighted by Gasteiger charge is 2.17. The Bertz CT molecular complexity index is 454. The second kappa shape index (κ2) is 6.26. The number of nitriles is 1. The molecule has 0 heterocycles. The van der Waals surface area contributed by atoms with Crippen molar-refractivity contribution in [2.45, 2.75) is 6.92 Å². The van der Waals surface area contributed by atoms with Crippen molar-refractivity contribution in [3.63, 3.8) is 0 Å². The molecule has 4 nitrogen and oxygen atoms in total. The molecule has 0 aliphatic heterocycles. The summed E-state index contributed by atoms with van der Waals surface area (Å²) in [6.45, 7) is 2.42. The summed E-state index contributed by atoms with van der Waals surface area (Å²) in [5.41, 5.74) is 0.501. The van der Waals surface area contributed by atoms with Crippen LogP contribution >= 0.6 is 15.9 Å². The Morgan fingerprint density at radius 3 is 2.82 bits per heavy atom. The average Bonchev–Trinajstić information content (AvgIpc) is 2.35. The van der Waals surface area contributed by atoms with Crippen LogP contribution in [0.4, 0.5) is 0 Å². The van der Waals surface area contributed by atoms with Crippen LogP contribution in [0.3, 0.4) is 0 Å². The molecule has 90 valence electrons. The van der Waals surface area contributed by atoms with Gasteiger partial charge in [-0.05, 0) is 41.1 Å². The van der Waals surface area contributed by atoms with Gasteiger partial charge in [0.15, 0.2) is 0 Å². The lowest BCUT2D eigenvalue weighted by molar-refractivity contribution is 0.0783. The van der Waals surface area contributed by atoms with Gasteiger partial charge in [0.1, 0.15) is 12.3 Å². The third kappa shape index (κ3) is 3.21. The maximum absolute atomic E-state index is 12.1. The van der Waals surface area contributed by atoms with E-state index in [0.717, 1.165) is 0 Å². The maximum atomic E-state index is 12.1. The quantitative estimate of drug-likeness (QED) is 0.802. The summed E-state index contributed by atoms with van der Waals surface area (Å²) in [6, 6.07) is 7.16. The summed E-state index contributed by atoms with van der Waals surface area (Å²) < 4.78 is 5.77. The van der Waals surface area contributed by atoms with E-state index < -0.39 is 0 Å².